The van der Waals surface area contributed by atoms with Gasteiger partial charge in [0.2, 0.25) is 5.91 Å². The van der Waals surface area contributed by atoms with Crippen LogP contribution < -0.4 is 5.32 Å². The minimum Gasteiger partial charge on any atom is -0.367 e. The third-order valence-electron chi connectivity index (χ3n) is 1.72. The van der Waals surface area contributed by atoms with Gasteiger partial charge in [-0.25, -0.2) is 0 Å². The maximum absolute atomic E-state index is 11.1. The van der Waals surface area contributed by atoms with Crippen molar-refractivity contribution in [2.75, 3.05) is 0 Å². The van der Waals surface area contributed by atoms with Crippen LogP contribution in [0.4, 0.5) is 0 Å². The van der Waals surface area contributed by atoms with Gasteiger partial charge in [-0.2, -0.15) is 5.26 Å². The van der Waals surface area contributed by atoms with E-state index in [9.17, 15) is 4.79 Å². The monoisotopic (exact) mass is 177 g/mol. The minimum absolute atomic E-state index is 0.233. The van der Waals surface area contributed by atoms with E-state index in [-0.39, 0.29) is 5.91 Å². The van der Waals surface area contributed by atoms with E-state index >= 15 is 0 Å². The first-order chi connectivity index (χ1) is 6.24. The number of hydrogen-bond acceptors (Lipinski definition) is 2. The van der Waals surface area contributed by atoms with Crippen molar-refractivity contribution in [1.29, 1.82) is 5.26 Å². The number of nitrogens with one attached hydrogen (secondary N) is 2. The molecule has 0 saturated heterocycles. The smallest absolute Gasteiger partial charge is 0.237 e. The molecule has 68 valence electrons. The average molecular weight is 177 g/mol. The number of rotatable bonds is 3. The fraction of sp³-hybridized carbons (Fsp3) is 0.333. The summed E-state index contributed by atoms with van der Waals surface area (Å²) in [4.78, 5) is 14.0. The van der Waals surface area contributed by atoms with Crippen molar-refractivity contribution < 1.29 is 4.79 Å². The summed E-state index contributed by atoms with van der Waals surface area (Å²) in [5.41, 5.74) is 0.999. The van der Waals surface area contributed by atoms with Crippen molar-refractivity contribution in [3.8, 4) is 6.07 Å². The Labute approximate surface area is 76.6 Å². The van der Waals surface area contributed by atoms with Crippen molar-refractivity contribution in [1.82, 2.24) is 10.3 Å². The van der Waals surface area contributed by atoms with Crippen LogP contribution >= 0.6 is 0 Å². The van der Waals surface area contributed by atoms with Crippen LogP contribution in [0.15, 0.2) is 18.5 Å². The van der Waals surface area contributed by atoms with Crippen molar-refractivity contribution in [3.63, 3.8) is 0 Å². The van der Waals surface area contributed by atoms with Crippen LogP contribution in [-0.4, -0.2) is 10.9 Å². The molecule has 0 saturated carbocycles. The van der Waals surface area contributed by atoms with Crippen molar-refractivity contribution in [2.24, 2.45) is 5.92 Å². The van der Waals surface area contributed by atoms with Crippen molar-refractivity contribution in [3.05, 3.63) is 24.0 Å². The van der Waals surface area contributed by atoms with Gasteiger partial charge >= 0.3 is 0 Å². The van der Waals surface area contributed by atoms with Crippen LogP contribution in [0.3, 0.4) is 0 Å². The molecule has 0 aliphatic rings. The molecule has 1 aromatic rings. The number of aromatic nitrogens is 1. The molecule has 1 aromatic heterocycles. The van der Waals surface area contributed by atoms with E-state index in [1.165, 1.54) is 0 Å². The second-order valence-corrected chi connectivity index (χ2v) is 2.79. The van der Waals surface area contributed by atoms with Gasteiger partial charge in [-0.15, -0.1) is 0 Å². The van der Waals surface area contributed by atoms with E-state index in [0.29, 0.717) is 6.54 Å². The van der Waals surface area contributed by atoms with Gasteiger partial charge in [-0.1, -0.05) is 0 Å². The van der Waals surface area contributed by atoms with E-state index in [1.807, 2.05) is 12.1 Å². The molecule has 0 fully saturated rings. The summed E-state index contributed by atoms with van der Waals surface area (Å²) in [7, 11) is 0. The minimum atomic E-state index is -0.584. The number of hydrogen-bond donors (Lipinski definition) is 2. The quantitative estimate of drug-likeness (QED) is 0.716. The van der Waals surface area contributed by atoms with Crippen LogP contribution in [0.2, 0.25) is 0 Å². The zero-order valence-electron chi connectivity index (χ0n) is 7.37. The lowest BCUT2D eigenvalue weighted by Gasteiger charge is -2.03. The molecule has 1 atom stereocenters. The Morgan fingerprint density at radius 1 is 1.85 bits per heavy atom. The summed E-state index contributed by atoms with van der Waals surface area (Å²) in [5.74, 6) is -0.817. The number of aromatic amines is 1. The highest BCUT2D eigenvalue weighted by atomic mass is 16.1. The molecular formula is C9H11N3O. The first kappa shape index (κ1) is 9.33. The highest BCUT2D eigenvalue weighted by Gasteiger charge is 2.10. The van der Waals surface area contributed by atoms with Gasteiger partial charge in [0.15, 0.2) is 0 Å². The number of H-pyrrole nitrogens is 1. The Hall–Kier alpha value is -1.76. The number of carbonyl (C=O) groups excluding carboxylic acids is 1. The molecule has 0 bridgehead atoms. The van der Waals surface area contributed by atoms with E-state index in [4.69, 9.17) is 5.26 Å². The van der Waals surface area contributed by atoms with Crippen LogP contribution in [0.5, 0.6) is 0 Å². The van der Waals surface area contributed by atoms with Gasteiger partial charge in [-0.3, -0.25) is 4.79 Å². The molecule has 4 nitrogen and oxygen atoms in total. The predicted octanol–water partition coefficient (Wildman–Crippen LogP) is 0.791. The second kappa shape index (κ2) is 4.31. The molecule has 13 heavy (non-hydrogen) atoms. The first-order valence-corrected chi connectivity index (χ1v) is 4.03. The summed E-state index contributed by atoms with van der Waals surface area (Å²) >= 11 is 0. The molecular weight excluding hydrogens is 166 g/mol. The molecule has 1 heterocycles. The van der Waals surface area contributed by atoms with E-state index in [1.54, 1.807) is 19.3 Å². The standard InChI is InChI=1S/C9H11N3O/c1-7(4-10)9(13)12-6-8-2-3-11-5-8/h2-3,5,7,11H,6H2,1H3,(H,12,13). The van der Waals surface area contributed by atoms with Gasteiger partial charge in [0.05, 0.1) is 6.07 Å². The number of carbonyl (C=O) groups is 1. The topological polar surface area (TPSA) is 68.7 Å². The van der Waals surface area contributed by atoms with E-state index < -0.39 is 5.92 Å². The summed E-state index contributed by atoms with van der Waals surface area (Å²) in [6, 6.07) is 3.75. The van der Waals surface area contributed by atoms with Gasteiger partial charge in [0, 0.05) is 18.9 Å². The van der Waals surface area contributed by atoms with Gasteiger partial charge in [0.1, 0.15) is 5.92 Å². The third-order valence-corrected chi connectivity index (χ3v) is 1.72. The summed E-state index contributed by atoms with van der Waals surface area (Å²) in [5, 5.41) is 11.1. The second-order valence-electron chi connectivity index (χ2n) is 2.79. The lowest BCUT2D eigenvalue weighted by molar-refractivity contribution is -0.123. The van der Waals surface area contributed by atoms with E-state index in [0.717, 1.165) is 5.56 Å². The van der Waals surface area contributed by atoms with Crippen molar-refractivity contribution in [2.45, 2.75) is 13.5 Å². The number of amides is 1. The lowest BCUT2D eigenvalue weighted by Crippen LogP contribution is -2.27. The lowest BCUT2D eigenvalue weighted by atomic mass is 10.2. The Balaban J connectivity index is 2.36. The van der Waals surface area contributed by atoms with Crippen LogP contribution in [0, 0.1) is 17.2 Å². The average Bonchev–Trinajstić information content (AvgIpc) is 2.65. The molecule has 4 heteroatoms. The zero-order valence-corrected chi connectivity index (χ0v) is 7.37. The fourth-order valence-electron chi connectivity index (χ4n) is 0.869. The normalized spacial score (nSPS) is 11.7. The van der Waals surface area contributed by atoms with Gasteiger partial charge < -0.3 is 10.3 Å². The highest BCUT2D eigenvalue weighted by molar-refractivity contribution is 5.80. The molecule has 2 N–H and O–H groups in total. The maximum atomic E-state index is 11.1. The van der Waals surface area contributed by atoms with E-state index in [2.05, 4.69) is 10.3 Å². The Bertz CT molecular complexity index is 310. The summed E-state index contributed by atoms with van der Waals surface area (Å²) in [6.45, 7) is 2.04. The highest BCUT2D eigenvalue weighted by Crippen LogP contribution is 1.97. The molecule has 0 aliphatic heterocycles. The van der Waals surface area contributed by atoms with Crippen molar-refractivity contribution >= 4 is 5.91 Å². The van der Waals surface area contributed by atoms with Crippen LogP contribution in [0.1, 0.15) is 12.5 Å². The summed E-state index contributed by atoms with van der Waals surface area (Å²) < 4.78 is 0. The molecule has 0 radical (unpaired) electrons. The van der Waals surface area contributed by atoms with Gasteiger partial charge in [-0.05, 0) is 18.6 Å². The third kappa shape index (κ3) is 2.64. The maximum Gasteiger partial charge on any atom is 0.237 e. The molecule has 0 aromatic carbocycles. The number of nitrogens with zero attached hydrogens (tertiary/aromatic N) is 1. The molecule has 0 spiro atoms. The van der Waals surface area contributed by atoms with Gasteiger partial charge in [0.25, 0.3) is 0 Å². The molecule has 1 unspecified atom stereocenters. The van der Waals surface area contributed by atoms with Crippen LogP contribution in [-0.2, 0) is 11.3 Å². The fourth-order valence-corrected chi connectivity index (χ4v) is 0.869. The molecule has 0 aliphatic carbocycles. The Kier molecular flexibility index (Phi) is 3.09. The largest absolute Gasteiger partial charge is 0.367 e. The van der Waals surface area contributed by atoms with Crippen LogP contribution in [0.25, 0.3) is 0 Å². The zero-order chi connectivity index (χ0) is 9.68. The Morgan fingerprint density at radius 3 is 3.15 bits per heavy atom. The predicted molar refractivity (Wildman–Crippen MR) is 47.4 cm³/mol. The SMILES string of the molecule is CC(C#N)C(=O)NCc1cc[nH]c1. The molecule has 1 rings (SSSR count). The molecule has 1 amide bonds. The Morgan fingerprint density at radius 2 is 2.62 bits per heavy atom. The first-order valence-electron chi connectivity index (χ1n) is 4.03. The number of nitriles is 1. The summed E-state index contributed by atoms with van der Waals surface area (Å²) in [6.07, 6.45) is 3.59.